The lowest BCUT2D eigenvalue weighted by Crippen LogP contribution is -2.15. The Morgan fingerprint density at radius 2 is 1.76 bits per heavy atom. The number of pyridine rings is 1. The summed E-state index contributed by atoms with van der Waals surface area (Å²) in [6.07, 6.45) is 0. The van der Waals surface area contributed by atoms with Gasteiger partial charge in [0.1, 0.15) is 5.82 Å². The molecule has 106 valence electrons. The Bertz CT molecular complexity index is 811. The molecule has 2 aromatic carbocycles. The zero-order valence-corrected chi connectivity index (χ0v) is 12.1. The van der Waals surface area contributed by atoms with E-state index in [0.717, 1.165) is 27.7 Å². The van der Waals surface area contributed by atoms with Crippen LogP contribution in [0.15, 0.2) is 48.5 Å². The Kier molecular flexibility index (Phi) is 3.43. The number of halogens is 1. The molecule has 1 aromatic heterocycles. The molecule has 0 saturated heterocycles. The number of para-hydroxylation sites is 1. The summed E-state index contributed by atoms with van der Waals surface area (Å²) in [5.41, 5.74) is 10.5. The lowest BCUT2D eigenvalue weighted by molar-refractivity contribution is 0.599. The molecular weight excluding hydrogens is 263 g/mol. The van der Waals surface area contributed by atoms with Crippen molar-refractivity contribution in [1.29, 1.82) is 0 Å². The maximum absolute atomic E-state index is 14.1. The van der Waals surface area contributed by atoms with E-state index in [9.17, 15) is 4.39 Å². The zero-order valence-electron chi connectivity index (χ0n) is 12.1. The van der Waals surface area contributed by atoms with E-state index in [-0.39, 0.29) is 5.82 Å². The number of hydrogen-bond donors (Lipinski definition) is 1. The number of aromatic nitrogens is 1. The third-order valence-corrected chi connectivity index (χ3v) is 3.70. The molecule has 0 aliphatic rings. The summed E-state index contributed by atoms with van der Waals surface area (Å²) in [6, 6.07) is 14.3. The van der Waals surface area contributed by atoms with Crippen LogP contribution < -0.4 is 5.73 Å². The van der Waals surface area contributed by atoms with Crippen LogP contribution in [0.1, 0.15) is 28.4 Å². The van der Waals surface area contributed by atoms with Gasteiger partial charge in [0.05, 0.1) is 11.6 Å². The minimum Gasteiger partial charge on any atom is -0.320 e. The summed E-state index contributed by atoms with van der Waals surface area (Å²) < 4.78 is 14.1. The summed E-state index contributed by atoms with van der Waals surface area (Å²) in [7, 11) is 0. The van der Waals surface area contributed by atoms with Gasteiger partial charge < -0.3 is 5.73 Å². The van der Waals surface area contributed by atoms with Crippen molar-refractivity contribution < 1.29 is 4.39 Å². The molecule has 3 rings (SSSR count). The second-order valence-corrected chi connectivity index (χ2v) is 5.37. The molecule has 0 radical (unpaired) electrons. The Morgan fingerprint density at radius 1 is 1.00 bits per heavy atom. The van der Waals surface area contributed by atoms with E-state index >= 15 is 0 Å². The van der Waals surface area contributed by atoms with Gasteiger partial charge in [-0.1, -0.05) is 35.9 Å². The molecule has 0 amide bonds. The standard InChI is InChI=1S/C18H17FN2/c1-11-7-8-16(19)15(9-11)18(20)14-10-12(2)21-17-6-4-3-5-13(14)17/h3-10,18H,20H2,1-2H3. The molecule has 0 fully saturated rings. The highest BCUT2D eigenvalue weighted by Gasteiger charge is 2.17. The Balaban J connectivity index is 2.22. The van der Waals surface area contributed by atoms with E-state index in [1.165, 1.54) is 6.07 Å². The fourth-order valence-corrected chi connectivity index (χ4v) is 2.67. The topological polar surface area (TPSA) is 38.9 Å². The summed E-state index contributed by atoms with van der Waals surface area (Å²) in [5.74, 6) is -0.272. The molecule has 0 saturated carbocycles. The first-order chi connectivity index (χ1) is 10.1. The van der Waals surface area contributed by atoms with Crippen molar-refractivity contribution in [3.8, 4) is 0 Å². The van der Waals surface area contributed by atoms with Crippen molar-refractivity contribution in [3.63, 3.8) is 0 Å². The first-order valence-corrected chi connectivity index (χ1v) is 6.94. The smallest absolute Gasteiger partial charge is 0.128 e. The van der Waals surface area contributed by atoms with Gasteiger partial charge in [-0.3, -0.25) is 4.98 Å². The number of aryl methyl sites for hydroxylation is 2. The van der Waals surface area contributed by atoms with Gasteiger partial charge in [0, 0.05) is 16.6 Å². The van der Waals surface area contributed by atoms with Crippen molar-refractivity contribution in [3.05, 3.63) is 76.7 Å². The van der Waals surface area contributed by atoms with Crippen LogP contribution in [0.5, 0.6) is 0 Å². The number of rotatable bonds is 2. The van der Waals surface area contributed by atoms with Crippen LogP contribution >= 0.6 is 0 Å². The van der Waals surface area contributed by atoms with Crippen LogP contribution in [-0.2, 0) is 0 Å². The third kappa shape index (κ3) is 2.52. The summed E-state index contributed by atoms with van der Waals surface area (Å²) in [4.78, 5) is 4.50. The van der Waals surface area contributed by atoms with Crippen molar-refractivity contribution >= 4 is 10.9 Å². The van der Waals surface area contributed by atoms with Crippen LogP contribution in [0.4, 0.5) is 4.39 Å². The minimum absolute atomic E-state index is 0.272. The predicted octanol–water partition coefficient (Wildman–Crippen LogP) is 4.04. The van der Waals surface area contributed by atoms with Crippen molar-refractivity contribution in [2.45, 2.75) is 19.9 Å². The van der Waals surface area contributed by atoms with Crippen LogP contribution in [0, 0.1) is 19.7 Å². The molecule has 0 aliphatic heterocycles. The average Bonchev–Trinajstić information content (AvgIpc) is 2.48. The van der Waals surface area contributed by atoms with Gasteiger partial charge in [-0.25, -0.2) is 4.39 Å². The fraction of sp³-hybridized carbons (Fsp3) is 0.167. The molecular formula is C18H17FN2. The lowest BCUT2D eigenvalue weighted by atomic mass is 9.94. The number of nitrogens with two attached hydrogens (primary N) is 1. The maximum atomic E-state index is 14.1. The second-order valence-electron chi connectivity index (χ2n) is 5.37. The predicted molar refractivity (Wildman–Crippen MR) is 83.6 cm³/mol. The quantitative estimate of drug-likeness (QED) is 0.769. The summed E-state index contributed by atoms with van der Waals surface area (Å²) in [5, 5.41) is 0.969. The van der Waals surface area contributed by atoms with E-state index in [1.54, 1.807) is 6.07 Å². The zero-order chi connectivity index (χ0) is 15.0. The van der Waals surface area contributed by atoms with Gasteiger partial charge in [-0.2, -0.15) is 0 Å². The van der Waals surface area contributed by atoms with E-state index in [0.29, 0.717) is 5.56 Å². The molecule has 3 heteroatoms. The van der Waals surface area contributed by atoms with Crippen molar-refractivity contribution in [2.24, 2.45) is 5.73 Å². The average molecular weight is 280 g/mol. The van der Waals surface area contributed by atoms with Crippen LogP contribution in [-0.4, -0.2) is 4.98 Å². The van der Waals surface area contributed by atoms with Gasteiger partial charge in [0.2, 0.25) is 0 Å². The van der Waals surface area contributed by atoms with Gasteiger partial charge in [0.25, 0.3) is 0 Å². The first-order valence-electron chi connectivity index (χ1n) is 6.94. The first kappa shape index (κ1) is 13.7. The molecule has 2 nitrogen and oxygen atoms in total. The monoisotopic (exact) mass is 280 g/mol. The van der Waals surface area contributed by atoms with E-state index < -0.39 is 6.04 Å². The Hall–Kier alpha value is -2.26. The Labute approximate surface area is 123 Å². The Morgan fingerprint density at radius 3 is 2.57 bits per heavy atom. The van der Waals surface area contributed by atoms with Gasteiger partial charge in [0.15, 0.2) is 0 Å². The molecule has 2 N–H and O–H groups in total. The normalized spacial score (nSPS) is 12.6. The van der Waals surface area contributed by atoms with Gasteiger partial charge >= 0.3 is 0 Å². The molecule has 3 aromatic rings. The summed E-state index contributed by atoms with van der Waals surface area (Å²) >= 11 is 0. The number of benzene rings is 2. The highest BCUT2D eigenvalue weighted by molar-refractivity contribution is 5.83. The summed E-state index contributed by atoms with van der Waals surface area (Å²) in [6.45, 7) is 3.86. The molecule has 0 spiro atoms. The highest BCUT2D eigenvalue weighted by Crippen LogP contribution is 2.29. The minimum atomic E-state index is -0.503. The molecule has 1 heterocycles. The third-order valence-electron chi connectivity index (χ3n) is 3.70. The molecule has 21 heavy (non-hydrogen) atoms. The van der Waals surface area contributed by atoms with Gasteiger partial charge in [-0.05, 0) is 37.6 Å². The fourth-order valence-electron chi connectivity index (χ4n) is 2.67. The number of hydrogen-bond acceptors (Lipinski definition) is 2. The largest absolute Gasteiger partial charge is 0.320 e. The SMILES string of the molecule is Cc1ccc(F)c(C(N)c2cc(C)nc3ccccc23)c1. The van der Waals surface area contributed by atoms with Gasteiger partial charge in [-0.15, -0.1) is 0 Å². The van der Waals surface area contributed by atoms with Crippen molar-refractivity contribution in [2.75, 3.05) is 0 Å². The molecule has 0 bridgehead atoms. The maximum Gasteiger partial charge on any atom is 0.128 e. The molecule has 1 unspecified atom stereocenters. The van der Waals surface area contributed by atoms with Crippen LogP contribution in [0.2, 0.25) is 0 Å². The van der Waals surface area contributed by atoms with Crippen LogP contribution in [0.25, 0.3) is 10.9 Å². The van der Waals surface area contributed by atoms with E-state index in [4.69, 9.17) is 5.73 Å². The van der Waals surface area contributed by atoms with Crippen molar-refractivity contribution in [1.82, 2.24) is 4.98 Å². The number of fused-ring (bicyclic) bond motifs is 1. The van der Waals surface area contributed by atoms with Crippen LogP contribution in [0.3, 0.4) is 0 Å². The molecule has 1 atom stereocenters. The molecule has 0 aliphatic carbocycles. The second kappa shape index (κ2) is 5.26. The number of nitrogens with zero attached hydrogens (tertiary/aromatic N) is 1. The van der Waals surface area contributed by atoms with E-state index in [1.807, 2.05) is 50.2 Å². The lowest BCUT2D eigenvalue weighted by Gasteiger charge is -2.17. The van der Waals surface area contributed by atoms with E-state index in [2.05, 4.69) is 4.98 Å². The highest BCUT2D eigenvalue weighted by atomic mass is 19.1.